The maximum Gasteiger partial charge on any atom is 0.244 e. The molecule has 0 unspecified atom stereocenters. The fourth-order valence-electron chi connectivity index (χ4n) is 4.32. The Hall–Kier alpha value is -1.47. The zero-order valence-corrected chi connectivity index (χ0v) is 15.4. The smallest absolute Gasteiger partial charge is 0.244 e. The van der Waals surface area contributed by atoms with Crippen LogP contribution in [0.4, 0.5) is 4.39 Å². The van der Waals surface area contributed by atoms with E-state index in [1.807, 2.05) is 11.8 Å². The molecule has 25 heavy (non-hydrogen) atoms. The van der Waals surface area contributed by atoms with E-state index in [0.717, 1.165) is 31.7 Å². The fraction of sp³-hybridized carbons (Fsp3) is 0.611. The summed E-state index contributed by atoms with van der Waals surface area (Å²) in [6.45, 7) is 3.55. The van der Waals surface area contributed by atoms with Crippen LogP contribution in [0, 0.1) is 11.7 Å². The normalized spacial score (nSPS) is 27.8. The molecule has 1 aliphatic carbocycles. The Morgan fingerprint density at radius 3 is 2.68 bits per heavy atom. The number of carbonyl (C=O) groups is 1. The van der Waals surface area contributed by atoms with Crippen LogP contribution in [0.3, 0.4) is 0 Å². The number of amides is 1. The molecule has 0 radical (unpaired) electrons. The van der Waals surface area contributed by atoms with Crippen molar-refractivity contribution in [2.75, 3.05) is 0 Å². The van der Waals surface area contributed by atoms with Crippen molar-refractivity contribution in [3.63, 3.8) is 0 Å². The second-order valence-corrected chi connectivity index (χ2v) is 8.90. The Morgan fingerprint density at radius 2 is 1.96 bits per heavy atom. The molecule has 1 heterocycles. The first-order chi connectivity index (χ1) is 11.8. The molecule has 5 nitrogen and oxygen atoms in total. The van der Waals surface area contributed by atoms with Gasteiger partial charge in [0.1, 0.15) is 10.7 Å². The first-order valence-electron chi connectivity index (χ1n) is 8.90. The second-order valence-electron chi connectivity index (χ2n) is 7.22. The van der Waals surface area contributed by atoms with Gasteiger partial charge in [0.05, 0.1) is 6.04 Å². The predicted molar refractivity (Wildman–Crippen MR) is 92.9 cm³/mol. The van der Waals surface area contributed by atoms with E-state index in [1.54, 1.807) is 0 Å². The lowest BCUT2D eigenvalue weighted by Gasteiger charge is -2.35. The van der Waals surface area contributed by atoms with Gasteiger partial charge in [-0.2, -0.15) is 4.72 Å². The van der Waals surface area contributed by atoms with Crippen molar-refractivity contribution in [2.24, 2.45) is 5.92 Å². The van der Waals surface area contributed by atoms with Gasteiger partial charge in [-0.15, -0.1) is 0 Å². The number of benzene rings is 1. The molecule has 2 aliphatic rings. The lowest BCUT2D eigenvalue weighted by Crippen LogP contribution is -2.51. The van der Waals surface area contributed by atoms with E-state index >= 15 is 0 Å². The van der Waals surface area contributed by atoms with Crippen LogP contribution < -0.4 is 4.72 Å². The summed E-state index contributed by atoms with van der Waals surface area (Å²) >= 11 is 0. The summed E-state index contributed by atoms with van der Waals surface area (Å²) in [4.78, 5) is 14.3. The molecule has 1 N–H and O–H groups in total. The van der Waals surface area contributed by atoms with Gasteiger partial charge in [-0.1, -0.05) is 25.0 Å². The molecule has 7 heteroatoms. The fourth-order valence-corrected chi connectivity index (χ4v) is 5.60. The SMILES string of the molecule is C[C@H](NS(=O)(=O)c1ccccc1F)C(=O)N1[C@H](C)C[C@@H]2CCCC[C@@H]21. The first kappa shape index (κ1) is 18.3. The molecular weight excluding hydrogens is 343 g/mol. The van der Waals surface area contributed by atoms with Gasteiger partial charge in [0, 0.05) is 12.1 Å². The minimum Gasteiger partial charge on any atom is -0.335 e. The number of nitrogens with one attached hydrogen (secondary N) is 1. The highest BCUT2D eigenvalue weighted by atomic mass is 32.2. The monoisotopic (exact) mass is 368 g/mol. The Balaban J connectivity index is 1.75. The molecule has 4 atom stereocenters. The average Bonchev–Trinajstić information content (AvgIpc) is 2.89. The summed E-state index contributed by atoms with van der Waals surface area (Å²) in [5.41, 5.74) is 0. The highest BCUT2D eigenvalue weighted by molar-refractivity contribution is 7.89. The number of nitrogens with zero attached hydrogens (tertiary/aromatic N) is 1. The van der Waals surface area contributed by atoms with Gasteiger partial charge in [0.25, 0.3) is 0 Å². The van der Waals surface area contributed by atoms with Gasteiger partial charge in [-0.25, -0.2) is 12.8 Å². The van der Waals surface area contributed by atoms with Crippen molar-refractivity contribution in [2.45, 2.75) is 69.0 Å². The number of fused-ring (bicyclic) bond motifs is 1. The predicted octanol–water partition coefficient (Wildman–Crippen LogP) is 2.67. The summed E-state index contributed by atoms with van der Waals surface area (Å²) < 4.78 is 41.0. The average molecular weight is 368 g/mol. The molecule has 2 fully saturated rings. The van der Waals surface area contributed by atoms with Crippen molar-refractivity contribution in [3.05, 3.63) is 30.1 Å². The van der Waals surface area contributed by atoms with Crippen LogP contribution in [0.1, 0.15) is 46.0 Å². The molecule has 0 aromatic heterocycles. The number of rotatable bonds is 4. The van der Waals surface area contributed by atoms with E-state index in [4.69, 9.17) is 0 Å². The molecule has 1 amide bonds. The lowest BCUT2D eigenvalue weighted by atomic mass is 9.85. The minimum absolute atomic E-state index is 0.112. The third kappa shape index (κ3) is 3.58. The summed E-state index contributed by atoms with van der Waals surface area (Å²) in [5, 5.41) is 0. The molecule has 1 saturated carbocycles. The summed E-state index contributed by atoms with van der Waals surface area (Å²) in [5.74, 6) is -0.526. The summed E-state index contributed by atoms with van der Waals surface area (Å²) in [6.07, 6.45) is 5.39. The molecule has 3 rings (SSSR count). The van der Waals surface area contributed by atoms with Crippen LogP contribution in [0.5, 0.6) is 0 Å². The van der Waals surface area contributed by atoms with Crippen molar-refractivity contribution in [1.29, 1.82) is 0 Å². The molecule has 1 aliphatic heterocycles. The molecule has 1 aromatic carbocycles. The molecule has 1 aromatic rings. The van der Waals surface area contributed by atoms with E-state index in [-0.39, 0.29) is 18.0 Å². The number of likely N-dealkylation sites (tertiary alicyclic amines) is 1. The van der Waals surface area contributed by atoms with Crippen molar-refractivity contribution < 1.29 is 17.6 Å². The Morgan fingerprint density at radius 1 is 1.28 bits per heavy atom. The highest BCUT2D eigenvalue weighted by Crippen LogP contribution is 2.39. The second kappa shape index (κ2) is 7.03. The standard InChI is InChI=1S/C18H25FN2O3S/c1-12-11-14-7-3-5-9-16(14)21(12)18(22)13(2)20-25(23,24)17-10-6-4-8-15(17)19/h4,6,8,10,12-14,16,20H,3,5,7,9,11H2,1-2H3/t12-,13+,14+,16+/m1/s1. The molecule has 1 saturated heterocycles. The van der Waals surface area contributed by atoms with Crippen LogP contribution in [0.15, 0.2) is 29.2 Å². The van der Waals surface area contributed by atoms with Crippen LogP contribution in [0.25, 0.3) is 0 Å². The van der Waals surface area contributed by atoms with Gasteiger partial charge in [0.15, 0.2) is 0 Å². The number of hydrogen-bond donors (Lipinski definition) is 1. The van der Waals surface area contributed by atoms with Crippen LogP contribution >= 0.6 is 0 Å². The van der Waals surface area contributed by atoms with Gasteiger partial charge in [-0.3, -0.25) is 4.79 Å². The van der Waals surface area contributed by atoms with E-state index in [1.165, 1.54) is 31.5 Å². The van der Waals surface area contributed by atoms with Gasteiger partial charge < -0.3 is 4.90 Å². The molecule has 0 bridgehead atoms. The minimum atomic E-state index is -4.08. The third-order valence-electron chi connectivity index (χ3n) is 5.43. The number of hydrogen-bond acceptors (Lipinski definition) is 3. The van der Waals surface area contributed by atoms with Gasteiger partial charge >= 0.3 is 0 Å². The van der Waals surface area contributed by atoms with Gasteiger partial charge in [-0.05, 0) is 51.2 Å². The van der Waals surface area contributed by atoms with E-state index in [2.05, 4.69) is 4.72 Å². The van der Waals surface area contributed by atoms with E-state index in [0.29, 0.717) is 5.92 Å². The molecular formula is C18H25FN2O3S. The van der Waals surface area contributed by atoms with Crippen molar-refractivity contribution in [3.8, 4) is 0 Å². The number of sulfonamides is 1. The Bertz CT molecular complexity index is 752. The molecule has 138 valence electrons. The highest BCUT2D eigenvalue weighted by Gasteiger charge is 2.44. The van der Waals surface area contributed by atoms with Crippen molar-refractivity contribution in [1.82, 2.24) is 9.62 Å². The van der Waals surface area contributed by atoms with Crippen molar-refractivity contribution >= 4 is 15.9 Å². The topological polar surface area (TPSA) is 66.5 Å². The lowest BCUT2D eigenvalue weighted by molar-refractivity contribution is -0.136. The molecule has 0 spiro atoms. The maximum absolute atomic E-state index is 13.8. The Labute approximate surface area is 148 Å². The van der Waals surface area contributed by atoms with Crippen LogP contribution in [0.2, 0.25) is 0 Å². The van der Waals surface area contributed by atoms with E-state index in [9.17, 15) is 17.6 Å². The first-order valence-corrected chi connectivity index (χ1v) is 10.4. The zero-order valence-electron chi connectivity index (χ0n) is 14.6. The van der Waals surface area contributed by atoms with Crippen LogP contribution in [-0.4, -0.2) is 37.4 Å². The summed E-state index contributed by atoms with van der Waals surface area (Å²) in [7, 11) is -4.08. The quantitative estimate of drug-likeness (QED) is 0.888. The summed E-state index contributed by atoms with van der Waals surface area (Å²) in [6, 6.07) is 4.57. The Kier molecular flexibility index (Phi) is 5.16. The number of halogens is 1. The largest absolute Gasteiger partial charge is 0.335 e. The number of carbonyl (C=O) groups excluding carboxylic acids is 1. The maximum atomic E-state index is 13.8. The van der Waals surface area contributed by atoms with E-state index < -0.39 is 26.8 Å². The third-order valence-corrected chi connectivity index (χ3v) is 7.00. The zero-order chi connectivity index (χ0) is 18.2. The van der Waals surface area contributed by atoms with Crippen LogP contribution in [-0.2, 0) is 14.8 Å². The van der Waals surface area contributed by atoms with Gasteiger partial charge in [0.2, 0.25) is 15.9 Å².